The van der Waals surface area contributed by atoms with Gasteiger partial charge in [-0.2, -0.15) is 0 Å². The van der Waals surface area contributed by atoms with Gasteiger partial charge in [0.25, 0.3) is 0 Å². The molecule has 72 valence electrons. The van der Waals surface area contributed by atoms with Gasteiger partial charge in [-0.1, -0.05) is 6.92 Å². The summed E-state index contributed by atoms with van der Waals surface area (Å²) in [5.41, 5.74) is 0. The van der Waals surface area contributed by atoms with Crippen LogP contribution in [0.4, 0.5) is 0 Å². The van der Waals surface area contributed by atoms with Gasteiger partial charge in [0.1, 0.15) is 0 Å². The van der Waals surface area contributed by atoms with Gasteiger partial charge < -0.3 is 5.32 Å². The highest BCUT2D eigenvalue weighted by atomic mass is 16.1. The maximum Gasteiger partial charge on any atom is 0.207 e. The van der Waals surface area contributed by atoms with E-state index in [4.69, 9.17) is 0 Å². The van der Waals surface area contributed by atoms with Crippen molar-refractivity contribution in [3.63, 3.8) is 0 Å². The third-order valence-electron chi connectivity index (χ3n) is 1.87. The first kappa shape index (κ1) is 11.4. The van der Waals surface area contributed by atoms with Gasteiger partial charge in [-0.15, -0.1) is 0 Å². The number of nitrogens with zero attached hydrogens (tertiary/aromatic N) is 1. The second-order valence-electron chi connectivity index (χ2n) is 3.20. The van der Waals surface area contributed by atoms with Crippen molar-refractivity contribution in [3.8, 4) is 0 Å². The molecule has 0 fully saturated rings. The van der Waals surface area contributed by atoms with Crippen molar-refractivity contribution in [3.05, 3.63) is 0 Å². The van der Waals surface area contributed by atoms with Crippen LogP contribution < -0.4 is 5.32 Å². The average Bonchev–Trinajstić information content (AvgIpc) is 2.03. The fourth-order valence-electron chi connectivity index (χ4n) is 1.18. The van der Waals surface area contributed by atoms with E-state index in [2.05, 4.69) is 31.0 Å². The lowest BCUT2D eigenvalue weighted by Crippen LogP contribution is -2.37. The van der Waals surface area contributed by atoms with Crippen molar-refractivity contribution >= 4 is 6.41 Å². The maximum absolute atomic E-state index is 9.98. The van der Waals surface area contributed by atoms with Crippen LogP contribution in [0.15, 0.2) is 0 Å². The number of carbonyl (C=O) groups is 1. The molecule has 1 amide bonds. The summed E-state index contributed by atoms with van der Waals surface area (Å²) >= 11 is 0. The normalized spacial score (nSPS) is 10.8. The molecule has 3 heteroatoms. The van der Waals surface area contributed by atoms with E-state index >= 15 is 0 Å². The molecule has 0 aliphatic heterocycles. The Bertz CT molecular complexity index is 115. The molecule has 0 aliphatic rings. The zero-order chi connectivity index (χ0) is 9.40. The minimum absolute atomic E-state index is 0.568. The van der Waals surface area contributed by atoms with Crippen molar-refractivity contribution in [2.45, 2.75) is 33.2 Å². The molecule has 0 rings (SSSR count). The van der Waals surface area contributed by atoms with Crippen LogP contribution in [0.2, 0.25) is 0 Å². The predicted molar refractivity (Wildman–Crippen MR) is 51.1 cm³/mol. The first-order valence-electron chi connectivity index (χ1n) is 4.63. The highest BCUT2D eigenvalue weighted by Gasteiger charge is 2.06. The molecule has 0 atom stereocenters. The van der Waals surface area contributed by atoms with E-state index in [1.54, 1.807) is 0 Å². The van der Waals surface area contributed by atoms with Crippen LogP contribution in [0.25, 0.3) is 0 Å². The first-order valence-corrected chi connectivity index (χ1v) is 4.63. The number of amides is 1. The van der Waals surface area contributed by atoms with E-state index in [0.717, 1.165) is 26.0 Å². The van der Waals surface area contributed by atoms with Gasteiger partial charge in [-0.3, -0.25) is 9.69 Å². The van der Waals surface area contributed by atoms with Gasteiger partial charge in [-0.25, -0.2) is 0 Å². The molecule has 0 unspecified atom stereocenters. The van der Waals surface area contributed by atoms with Crippen LogP contribution in [-0.4, -0.2) is 37.0 Å². The molecule has 12 heavy (non-hydrogen) atoms. The van der Waals surface area contributed by atoms with E-state index < -0.39 is 0 Å². The Morgan fingerprint density at radius 2 is 2.08 bits per heavy atom. The fourth-order valence-corrected chi connectivity index (χ4v) is 1.18. The van der Waals surface area contributed by atoms with Gasteiger partial charge >= 0.3 is 0 Å². The molecule has 0 heterocycles. The molecule has 3 nitrogen and oxygen atoms in total. The van der Waals surface area contributed by atoms with Gasteiger partial charge in [-0.05, 0) is 26.8 Å². The van der Waals surface area contributed by atoms with Gasteiger partial charge in [0.05, 0.1) is 0 Å². The molecule has 0 spiro atoms. The lowest BCUT2D eigenvalue weighted by atomic mass is 10.3. The summed E-state index contributed by atoms with van der Waals surface area (Å²) in [5.74, 6) is 0. The Morgan fingerprint density at radius 1 is 1.42 bits per heavy atom. The Kier molecular flexibility index (Phi) is 6.76. The predicted octanol–water partition coefficient (Wildman–Crippen LogP) is 0.853. The molecular formula is C9H20N2O. The molecule has 0 aromatic carbocycles. The van der Waals surface area contributed by atoms with Gasteiger partial charge in [0, 0.05) is 19.1 Å². The summed E-state index contributed by atoms with van der Waals surface area (Å²) in [6, 6.07) is 0.568. The smallest absolute Gasteiger partial charge is 0.207 e. The molecule has 0 saturated heterocycles. The van der Waals surface area contributed by atoms with Gasteiger partial charge in [0.15, 0.2) is 0 Å². The summed E-state index contributed by atoms with van der Waals surface area (Å²) < 4.78 is 0. The molecule has 0 aromatic rings. The van der Waals surface area contributed by atoms with E-state index in [-0.39, 0.29) is 0 Å². The molecule has 0 aromatic heterocycles. The largest absolute Gasteiger partial charge is 0.357 e. The Balaban J connectivity index is 3.55. The Hall–Kier alpha value is -0.570. The number of nitrogens with one attached hydrogen (secondary N) is 1. The molecule has 0 saturated carbocycles. The lowest BCUT2D eigenvalue weighted by molar-refractivity contribution is -0.109. The van der Waals surface area contributed by atoms with Crippen molar-refractivity contribution < 1.29 is 4.79 Å². The highest BCUT2D eigenvalue weighted by molar-refractivity contribution is 5.45. The van der Waals surface area contributed by atoms with E-state index in [1.165, 1.54) is 6.42 Å². The number of hydrogen-bond acceptors (Lipinski definition) is 2. The standard InChI is InChI=1S/C9H20N2O/c1-4-6-11(9(2)3)7-5-10-8-12/h8-9H,4-7H2,1-3H3,(H,10,12). The van der Waals surface area contributed by atoms with Crippen molar-refractivity contribution in [2.75, 3.05) is 19.6 Å². The lowest BCUT2D eigenvalue weighted by Gasteiger charge is -2.25. The molecule has 0 radical (unpaired) electrons. The SMILES string of the molecule is CCCN(CCNC=O)C(C)C. The minimum atomic E-state index is 0.568. The number of carbonyl (C=O) groups excluding carboxylic acids is 1. The third-order valence-corrected chi connectivity index (χ3v) is 1.87. The van der Waals surface area contributed by atoms with Crippen LogP contribution in [0, 0.1) is 0 Å². The third kappa shape index (κ3) is 5.13. The molecule has 0 bridgehead atoms. The van der Waals surface area contributed by atoms with E-state index in [0.29, 0.717) is 6.04 Å². The van der Waals surface area contributed by atoms with Crippen molar-refractivity contribution in [1.82, 2.24) is 10.2 Å². The fraction of sp³-hybridized carbons (Fsp3) is 0.889. The number of hydrogen-bond donors (Lipinski definition) is 1. The van der Waals surface area contributed by atoms with Crippen LogP contribution >= 0.6 is 0 Å². The monoisotopic (exact) mass is 172 g/mol. The summed E-state index contributed by atoms with van der Waals surface area (Å²) in [5, 5.41) is 2.67. The second-order valence-corrected chi connectivity index (χ2v) is 3.20. The first-order chi connectivity index (χ1) is 5.72. The zero-order valence-corrected chi connectivity index (χ0v) is 8.34. The maximum atomic E-state index is 9.98. The topological polar surface area (TPSA) is 32.3 Å². The van der Waals surface area contributed by atoms with Crippen LogP contribution in [0.1, 0.15) is 27.2 Å². The molecule has 0 aliphatic carbocycles. The van der Waals surface area contributed by atoms with Crippen LogP contribution in [0.3, 0.4) is 0 Å². The Labute approximate surface area is 75.1 Å². The summed E-state index contributed by atoms with van der Waals surface area (Å²) in [6.07, 6.45) is 1.92. The summed E-state index contributed by atoms with van der Waals surface area (Å²) in [7, 11) is 0. The van der Waals surface area contributed by atoms with E-state index in [9.17, 15) is 4.79 Å². The average molecular weight is 172 g/mol. The van der Waals surface area contributed by atoms with E-state index in [1.807, 2.05) is 0 Å². The van der Waals surface area contributed by atoms with Crippen molar-refractivity contribution in [1.29, 1.82) is 0 Å². The summed E-state index contributed by atoms with van der Waals surface area (Å²) in [4.78, 5) is 12.3. The second kappa shape index (κ2) is 7.10. The van der Waals surface area contributed by atoms with Crippen LogP contribution in [0.5, 0.6) is 0 Å². The minimum Gasteiger partial charge on any atom is -0.357 e. The quantitative estimate of drug-likeness (QED) is 0.456. The highest BCUT2D eigenvalue weighted by Crippen LogP contribution is 1.97. The molecule has 1 N–H and O–H groups in total. The summed E-state index contributed by atoms with van der Waals surface area (Å²) in [6.45, 7) is 9.33. The molecular weight excluding hydrogens is 152 g/mol. The zero-order valence-electron chi connectivity index (χ0n) is 8.34. The Morgan fingerprint density at radius 3 is 2.50 bits per heavy atom. The van der Waals surface area contributed by atoms with Crippen LogP contribution in [-0.2, 0) is 4.79 Å². The van der Waals surface area contributed by atoms with Crippen molar-refractivity contribution in [2.24, 2.45) is 0 Å². The number of rotatable bonds is 7. The van der Waals surface area contributed by atoms with Gasteiger partial charge in [0.2, 0.25) is 6.41 Å².